The fraction of sp³-hybridized carbons (Fsp3) is 0.538. The molecular formula is C13H18FNO2. The maximum absolute atomic E-state index is 13.0. The molecule has 0 radical (unpaired) electrons. The fourth-order valence-electron chi connectivity index (χ4n) is 1.92. The summed E-state index contributed by atoms with van der Waals surface area (Å²) >= 11 is 0. The van der Waals surface area contributed by atoms with E-state index in [9.17, 15) is 4.39 Å². The van der Waals surface area contributed by atoms with Crippen molar-refractivity contribution in [3.05, 3.63) is 24.0 Å². The molecule has 0 saturated heterocycles. The van der Waals surface area contributed by atoms with Crippen molar-refractivity contribution >= 4 is 0 Å². The third kappa shape index (κ3) is 3.33. The van der Waals surface area contributed by atoms with Crippen LogP contribution in [-0.4, -0.2) is 19.3 Å². The molecule has 2 N–H and O–H groups in total. The van der Waals surface area contributed by atoms with Crippen molar-refractivity contribution in [2.75, 3.05) is 13.2 Å². The predicted molar refractivity (Wildman–Crippen MR) is 63.8 cm³/mol. The van der Waals surface area contributed by atoms with Crippen LogP contribution in [0.5, 0.6) is 11.5 Å². The Hall–Kier alpha value is -1.29. The molecule has 0 aliphatic carbocycles. The summed E-state index contributed by atoms with van der Waals surface area (Å²) in [6.07, 6.45) is 4.17. The van der Waals surface area contributed by atoms with Crippen LogP contribution in [0.15, 0.2) is 18.2 Å². The van der Waals surface area contributed by atoms with Crippen molar-refractivity contribution in [1.82, 2.24) is 0 Å². The maximum Gasteiger partial charge on any atom is 0.164 e. The molecule has 1 aromatic rings. The third-order valence-electron chi connectivity index (χ3n) is 2.85. The van der Waals surface area contributed by atoms with Gasteiger partial charge in [-0.15, -0.1) is 0 Å². The smallest absolute Gasteiger partial charge is 0.164 e. The van der Waals surface area contributed by atoms with Crippen LogP contribution in [-0.2, 0) is 0 Å². The van der Waals surface area contributed by atoms with E-state index in [2.05, 4.69) is 0 Å². The Bertz CT molecular complexity index is 370. The lowest BCUT2D eigenvalue weighted by Gasteiger charge is -2.26. The van der Waals surface area contributed by atoms with E-state index in [1.54, 1.807) is 6.07 Å². The van der Waals surface area contributed by atoms with Gasteiger partial charge in [0, 0.05) is 6.07 Å². The van der Waals surface area contributed by atoms with E-state index in [1.165, 1.54) is 12.1 Å². The zero-order valence-corrected chi connectivity index (χ0v) is 9.82. The van der Waals surface area contributed by atoms with E-state index in [-0.39, 0.29) is 11.9 Å². The molecule has 0 fully saturated rings. The van der Waals surface area contributed by atoms with Crippen molar-refractivity contribution in [1.29, 1.82) is 0 Å². The highest BCUT2D eigenvalue weighted by molar-refractivity contribution is 5.41. The van der Waals surface area contributed by atoms with Crippen LogP contribution in [0.2, 0.25) is 0 Å². The molecule has 0 aromatic heterocycles. The molecule has 4 heteroatoms. The van der Waals surface area contributed by atoms with Gasteiger partial charge in [-0.05, 0) is 37.9 Å². The molecule has 1 unspecified atom stereocenters. The van der Waals surface area contributed by atoms with E-state index in [4.69, 9.17) is 15.2 Å². The summed E-state index contributed by atoms with van der Waals surface area (Å²) in [7, 11) is 0. The van der Waals surface area contributed by atoms with Crippen LogP contribution in [0.1, 0.15) is 25.7 Å². The van der Waals surface area contributed by atoms with E-state index in [0.717, 1.165) is 32.2 Å². The molecule has 0 saturated carbocycles. The molecule has 3 nitrogen and oxygen atoms in total. The maximum atomic E-state index is 13.0. The Kier molecular flexibility index (Phi) is 4.20. The van der Waals surface area contributed by atoms with Gasteiger partial charge in [-0.1, -0.05) is 6.42 Å². The van der Waals surface area contributed by atoms with Crippen LogP contribution in [0.4, 0.5) is 4.39 Å². The molecule has 94 valence electrons. The first-order valence-corrected chi connectivity index (χ1v) is 6.08. The van der Waals surface area contributed by atoms with Crippen LogP contribution in [0, 0.1) is 5.82 Å². The molecule has 0 bridgehead atoms. The lowest BCUT2D eigenvalue weighted by molar-refractivity contribution is 0.0823. The first-order chi connectivity index (χ1) is 8.29. The van der Waals surface area contributed by atoms with Crippen LogP contribution in [0.3, 0.4) is 0 Å². The first-order valence-electron chi connectivity index (χ1n) is 6.08. The van der Waals surface area contributed by atoms with Crippen molar-refractivity contribution in [2.24, 2.45) is 5.73 Å². The summed E-state index contributed by atoms with van der Waals surface area (Å²) in [6.45, 7) is 1.28. The van der Waals surface area contributed by atoms with E-state index >= 15 is 0 Å². The predicted octanol–water partition coefficient (Wildman–Crippen LogP) is 2.48. The Labute approximate surface area is 101 Å². The van der Waals surface area contributed by atoms with Gasteiger partial charge in [0.05, 0.1) is 0 Å². The van der Waals surface area contributed by atoms with Gasteiger partial charge in [0.2, 0.25) is 0 Å². The van der Waals surface area contributed by atoms with Crippen LogP contribution < -0.4 is 15.2 Å². The normalized spacial score (nSPS) is 18.1. The third-order valence-corrected chi connectivity index (χ3v) is 2.85. The summed E-state index contributed by atoms with van der Waals surface area (Å²) in [4.78, 5) is 0. The molecule has 17 heavy (non-hydrogen) atoms. The van der Waals surface area contributed by atoms with E-state index in [0.29, 0.717) is 18.1 Å². The van der Waals surface area contributed by atoms with Gasteiger partial charge in [0.15, 0.2) is 11.5 Å². The molecule has 1 aliphatic heterocycles. The highest BCUT2D eigenvalue weighted by atomic mass is 19.1. The average molecular weight is 239 g/mol. The number of fused-ring (bicyclic) bond motifs is 1. The first kappa shape index (κ1) is 12.2. The van der Waals surface area contributed by atoms with Gasteiger partial charge in [0.1, 0.15) is 18.5 Å². The highest BCUT2D eigenvalue weighted by Gasteiger charge is 2.20. The summed E-state index contributed by atoms with van der Waals surface area (Å²) in [5, 5.41) is 0. The number of unbranched alkanes of at least 4 members (excludes halogenated alkanes) is 2. The Balaban J connectivity index is 1.85. The lowest BCUT2D eigenvalue weighted by atomic mass is 10.1. The second-order valence-electron chi connectivity index (χ2n) is 4.28. The van der Waals surface area contributed by atoms with E-state index < -0.39 is 0 Å². The standard InChI is InChI=1S/C13H18FNO2/c14-10-5-6-12-13(8-10)17-11(9-16-12)4-2-1-3-7-15/h5-6,8,11H,1-4,7,9,15H2. The summed E-state index contributed by atoms with van der Waals surface area (Å²) < 4.78 is 24.3. The Morgan fingerprint density at radius 1 is 1.24 bits per heavy atom. The number of benzene rings is 1. The van der Waals surface area contributed by atoms with Gasteiger partial charge in [-0.2, -0.15) is 0 Å². The molecule has 1 aromatic carbocycles. The average Bonchev–Trinajstić information content (AvgIpc) is 2.34. The van der Waals surface area contributed by atoms with Crippen molar-refractivity contribution in [3.8, 4) is 11.5 Å². The van der Waals surface area contributed by atoms with Crippen LogP contribution in [0.25, 0.3) is 0 Å². The zero-order valence-electron chi connectivity index (χ0n) is 9.82. The summed E-state index contributed by atoms with van der Waals surface area (Å²) in [6, 6.07) is 4.36. The molecule has 1 aliphatic rings. The molecular weight excluding hydrogens is 221 g/mol. The number of halogens is 1. The van der Waals surface area contributed by atoms with Gasteiger partial charge in [-0.3, -0.25) is 0 Å². The zero-order chi connectivity index (χ0) is 12.1. The second-order valence-corrected chi connectivity index (χ2v) is 4.28. The minimum absolute atomic E-state index is 0.0297. The highest BCUT2D eigenvalue weighted by Crippen LogP contribution is 2.33. The number of ether oxygens (including phenoxy) is 2. The Morgan fingerprint density at radius 3 is 2.94 bits per heavy atom. The van der Waals surface area contributed by atoms with Gasteiger partial charge in [0.25, 0.3) is 0 Å². The van der Waals surface area contributed by atoms with Crippen LogP contribution >= 0.6 is 0 Å². The number of hydrogen-bond acceptors (Lipinski definition) is 3. The molecule has 2 rings (SSSR count). The topological polar surface area (TPSA) is 44.5 Å². The number of rotatable bonds is 5. The largest absolute Gasteiger partial charge is 0.486 e. The SMILES string of the molecule is NCCCCCC1COc2ccc(F)cc2O1. The fourth-order valence-corrected chi connectivity index (χ4v) is 1.92. The van der Waals surface area contributed by atoms with Crippen molar-refractivity contribution in [3.63, 3.8) is 0 Å². The van der Waals surface area contributed by atoms with Gasteiger partial charge in [-0.25, -0.2) is 4.39 Å². The molecule has 0 amide bonds. The van der Waals surface area contributed by atoms with Crippen molar-refractivity contribution < 1.29 is 13.9 Å². The van der Waals surface area contributed by atoms with E-state index in [1.807, 2.05) is 0 Å². The van der Waals surface area contributed by atoms with Gasteiger partial charge >= 0.3 is 0 Å². The molecule has 0 spiro atoms. The van der Waals surface area contributed by atoms with Gasteiger partial charge < -0.3 is 15.2 Å². The molecule has 1 atom stereocenters. The minimum Gasteiger partial charge on any atom is -0.486 e. The molecule has 1 heterocycles. The second kappa shape index (κ2) is 5.87. The minimum atomic E-state index is -0.295. The summed E-state index contributed by atoms with van der Waals surface area (Å²) in [5.41, 5.74) is 5.43. The number of nitrogens with two attached hydrogens (primary N) is 1. The summed E-state index contributed by atoms with van der Waals surface area (Å²) in [5.74, 6) is 0.848. The monoisotopic (exact) mass is 239 g/mol. The lowest BCUT2D eigenvalue weighted by Crippen LogP contribution is -2.29. The van der Waals surface area contributed by atoms with Crippen molar-refractivity contribution in [2.45, 2.75) is 31.8 Å². The number of hydrogen-bond donors (Lipinski definition) is 1. The quantitative estimate of drug-likeness (QED) is 0.803. The Morgan fingerprint density at radius 2 is 2.12 bits per heavy atom.